The summed E-state index contributed by atoms with van der Waals surface area (Å²) < 4.78 is 9.46. The molecule has 0 radical (unpaired) electrons. The second-order valence-electron chi connectivity index (χ2n) is 8.33. The number of hydrogen-bond donors (Lipinski definition) is 1. The quantitative estimate of drug-likeness (QED) is 0.398. The van der Waals surface area contributed by atoms with Crippen molar-refractivity contribution in [2.24, 2.45) is 0 Å². The molecule has 35 heavy (non-hydrogen) atoms. The van der Waals surface area contributed by atoms with Crippen LogP contribution in [-0.2, 0) is 11.4 Å². The van der Waals surface area contributed by atoms with Gasteiger partial charge in [0.1, 0.15) is 18.2 Å². The van der Waals surface area contributed by atoms with Crippen molar-refractivity contribution in [2.75, 3.05) is 5.32 Å². The Bertz CT molecular complexity index is 1560. The summed E-state index contributed by atoms with van der Waals surface area (Å²) in [5.41, 5.74) is 3.47. The lowest BCUT2D eigenvalue weighted by molar-refractivity contribution is -0.116. The summed E-state index contributed by atoms with van der Waals surface area (Å²) in [7, 11) is 0. The molecule has 0 saturated heterocycles. The van der Waals surface area contributed by atoms with Crippen LogP contribution in [0.5, 0.6) is 5.75 Å². The topological polar surface area (TPSA) is 99.2 Å². The number of para-hydroxylation sites is 1. The zero-order chi connectivity index (χ0) is 23.9. The predicted octanol–water partition coefficient (Wildman–Crippen LogP) is 4.32. The molecule has 0 saturated carbocycles. The van der Waals surface area contributed by atoms with Crippen molar-refractivity contribution in [1.82, 2.24) is 29.6 Å². The molecule has 5 aromatic rings. The highest BCUT2D eigenvalue weighted by Gasteiger charge is 2.32. The summed E-state index contributed by atoms with van der Waals surface area (Å²) in [5, 5.41) is 20.9. The summed E-state index contributed by atoms with van der Waals surface area (Å²) in [6.45, 7) is 2.22. The van der Waals surface area contributed by atoms with E-state index in [4.69, 9.17) is 16.3 Å². The smallest absolute Gasteiger partial charge is 0.226 e. The average molecular weight is 486 g/mol. The third-order valence-electron chi connectivity index (χ3n) is 6.04. The van der Waals surface area contributed by atoms with Gasteiger partial charge in [0.2, 0.25) is 5.91 Å². The van der Waals surface area contributed by atoms with Crippen LogP contribution >= 0.6 is 11.6 Å². The van der Waals surface area contributed by atoms with E-state index in [0.717, 1.165) is 22.4 Å². The van der Waals surface area contributed by atoms with Gasteiger partial charge in [0.15, 0.2) is 17.3 Å². The Morgan fingerprint density at radius 2 is 1.89 bits per heavy atom. The molecule has 9 nitrogen and oxygen atoms in total. The van der Waals surface area contributed by atoms with Gasteiger partial charge in [0, 0.05) is 28.5 Å². The van der Waals surface area contributed by atoms with E-state index in [1.165, 1.54) is 0 Å². The van der Waals surface area contributed by atoms with Crippen LogP contribution in [0, 0.1) is 6.92 Å². The van der Waals surface area contributed by atoms with Gasteiger partial charge in [-0.1, -0.05) is 41.9 Å². The third kappa shape index (κ3) is 3.89. The second-order valence-corrected chi connectivity index (χ2v) is 8.76. The minimum Gasteiger partial charge on any atom is -0.489 e. The third-order valence-corrected chi connectivity index (χ3v) is 6.30. The molecule has 0 bridgehead atoms. The monoisotopic (exact) mass is 485 g/mol. The Balaban J connectivity index is 1.36. The maximum atomic E-state index is 12.8. The Hall–Kier alpha value is -4.24. The molecular formula is C25H20ClN7O2. The van der Waals surface area contributed by atoms with Gasteiger partial charge >= 0.3 is 0 Å². The van der Waals surface area contributed by atoms with Gasteiger partial charge in [-0.2, -0.15) is 14.3 Å². The molecule has 2 aromatic carbocycles. The van der Waals surface area contributed by atoms with Crippen LogP contribution in [0.4, 0.5) is 5.82 Å². The fourth-order valence-corrected chi connectivity index (χ4v) is 4.44. The molecule has 1 unspecified atom stereocenters. The first-order chi connectivity index (χ1) is 17.1. The zero-order valence-corrected chi connectivity index (χ0v) is 19.5. The van der Waals surface area contributed by atoms with Crippen molar-refractivity contribution in [1.29, 1.82) is 0 Å². The first-order valence-corrected chi connectivity index (χ1v) is 11.5. The Labute approximate surface area is 205 Å². The van der Waals surface area contributed by atoms with Gasteiger partial charge in [-0.25, -0.2) is 0 Å². The van der Waals surface area contributed by atoms with Gasteiger partial charge in [-0.15, -0.1) is 15.3 Å². The first kappa shape index (κ1) is 21.3. The van der Waals surface area contributed by atoms with E-state index < -0.39 is 0 Å². The Morgan fingerprint density at radius 3 is 2.74 bits per heavy atom. The number of carbonyl (C=O) groups excluding carboxylic acids is 1. The van der Waals surface area contributed by atoms with Crippen molar-refractivity contribution >= 4 is 29.0 Å². The van der Waals surface area contributed by atoms with Crippen molar-refractivity contribution < 1.29 is 9.53 Å². The van der Waals surface area contributed by atoms with Crippen LogP contribution < -0.4 is 10.1 Å². The van der Waals surface area contributed by atoms with Gasteiger partial charge in [0.05, 0.1) is 6.20 Å². The highest BCUT2D eigenvalue weighted by Crippen LogP contribution is 2.41. The molecule has 0 fully saturated rings. The Morgan fingerprint density at radius 1 is 1.06 bits per heavy atom. The molecule has 4 heterocycles. The number of hydrogen-bond acceptors (Lipinski definition) is 6. The highest BCUT2D eigenvalue weighted by molar-refractivity contribution is 6.30. The predicted molar refractivity (Wildman–Crippen MR) is 130 cm³/mol. The molecule has 0 aliphatic carbocycles. The molecule has 10 heteroatoms. The summed E-state index contributed by atoms with van der Waals surface area (Å²) >= 11 is 6.00. The fraction of sp³-hybridized carbons (Fsp3) is 0.160. The molecule has 1 atom stereocenters. The lowest BCUT2D eigenvalue weighted by atomic mass is 9.87. The van der Waals surface area contributed by atoms with E-state index in [2.05, 4.69) is 25.7 Å². The van der Waals surface area contributed by atoms with Crippen molar-refractivity contribution in [3.63, 3.8) is 0 Å². The van der Waals surface area contributed by atoms with Crippen LogP contribution in [-0.4, -0.2) is 35.5 Å². The highest BCUT2D eigenvalue weighted by atomic mass is 35.5. The molecule has 3 aromatic heterocycles. The number of carbonyl (C=O) groups is 1. The Kier molecular flexibility index (Phi) is 5.18. The van der Waals surface area contributed by atoms with Crippen LogP contribution in [0.1, 0.15) is 34.9 Å². The lowest BCUT2D eigenvalue weighted by Gasteiger charge is -2.25. The summed E-state index contributed by atoms with van der Waals surface area (Å²) in [4.78, 5) is 12.8. The van der Waals surface area contributed by atoms with E-state index in [1.807, 2.05) is 61.5 Å². The molecular weight excluding hydrogens is 466 g/mol. The number of nitrogens with one attached hydrogen (secondary N) is 1. The number of rotatable bonds is 5. The molecule has 6 rings (SSSR count). The fourth-order valence-electron chi connectivity index (χ4n) is 4.31. The van der Waals surface area contributed by atoms with E-state index in [1.54, 1.807) is 21.5 Å². The van der Waals surface area contributed by atoms with E-state index in [-0.39, 0.29) is 18.2 Å². The number of halogens is 1. The van der Waals surface area contributed by atoms with Crippen LogP contribution in [0.15, 0.2) is 66.9 Å². The number of aryl methyl sites for hydroxylation is 1. The van der Waals surface area contributed by atoms with Gasteiger partial charge in [-0.05, 0) is 42.8 Å². The van der Waals surface area contributed by atoms with Crippen molar-refractivity contribution in [2.45, 2.75) is 25.9 Å². The summed E-state index contributed by atoms with van der Waals surface area (Å²) in [5.74, 6) is 2.22. The molecule has 1 aliphatic heterocycles. The van der Waals surface area contributed by atoms with Crippen LogP contribution in [0.2, 0.25) is 5.02 Å². The maximum Gasteiger partial charge on any atom is 0.226 e. The molecule has 1 N–H and O–H groups in total. The number of aromatic nitrogens is 6. The lowest BCUT2D eigenvalue weighted by Crippen LogP contribution is -2.25. The summed E-state index contributed by atoms with van der Waals surface area (Å²) in [6.07, 6.45) is 2.07. The number of anilines is 1. The second kappa shape index (κ2) is 8.52. The molecule has 1 amide bonds. The number of nitrogens with zero attached hydrogens (tertiary/aromatic N) is 6. The number of benzene rings is 2. The zero-order valence-electron chi connectivity index (χ0n) is 18.7. The number of amides is 1. The van der Waals surface area contributed by atoms with Gasteiger partial charge in [-0.3, -0.25) is 4.79 Å². The summed E-state index contributed by atoms with van der Waals surface area (Å²) in [6, 6.07) is 19.0. The minimum atomic E-state index is -0.214. The van der Waals surface area contributed by atoms with E-state index in [9.17, 15) is 4.79 Å². The van der Waals surface area contributed by atoms with Crippen molar-refractivity contribution in [3.05, 3.63) is 94.4 Å². The SMILES string of the molecule is Cc1nnc2ccc(-n3ncc4c3NC(=O)CC4c3ccccc3OCc3ccc(Cl)cc3)nn12. The van der Waals surface area contributed by atoms with Crippen molar-refractivity contribution in [3.8, 4) is 11.6 Å². The minimum absolute atomic E-state index is 0.0988. The maximum absolute atomic E-state index is 12.8. The van der Waals surface area contributed by atoms with Crippen LogP contribution in [0.25, 0.3) is 11.5 Å². The van der Waals surface area contributed by atoms with Crippen LogP contribution in [0.3, 0.4) is 0 Å². The largest absolute Gasteiger partial charge is 0.489 e. The molecule has 0 spiro atoms. The molecule has 174 valence electrons. The van der Waals surface area contributed by atoms with Gasteiger partial charge in [0.25, 0.3) is 0 Å². The standard InChI is InChI=1S/C25H20ClN7O2/c1-15-29-30-22-10-11-23(31-32(15)22)33-25-20(13-27-33)19(12-24(34)28-25)18-4-2-3-5-21(18)35-14-16-6-8-17(26)9-7-16/h2-11,13,19H,12,14H2,1H3,(H,28,34). The number of ether oxygens (including phenoxy) is 1. The average Bonchev–Trinajstić information content (AvgIpc) is 3.46. The van der Waals surface area contributed by atoms with E-state index in [0.29, 0.717) is 34.7 Å². The molecule has 1 aliphatic rings. The first-order valence-electron chi connectivity index (χ1n) is 11.1. The van der Waals surface area contributed by atoms with E-state index >= 15 is 0 Å². The number of fused-ring (bicyclic) bond motifs is 2. The van der Waals surface area contributed by atoms with Gasteiger partial charge < -0.3 is 10.1 Å². The normalized spacial score (nSPS) is 15.1.